The third-order valence-corrected chi connectivity index (χ3v) is 4.22. The van der Waals surface area contributed by atoms with Gasteiger partial charge in [0.15, 0.2) is 0 Å². The summed E-state index contributed by atoms with van der Waals surface area (Å²) >= 11 is 1.42. The minimum atomic E-state index is 0.341. The molecule has 1 aliphatic heterocycles. The largest absolute Gasteiger partial charge is 0.380 e. The lowest BCUT2D eigenvalue weighted by Crippen LogP contribution is -2.43. The zero-order chi connectivity index (χ0) is 12.3. The lowest BCUT2D eigenvalue weighted by Gasteiger charge is -2.35. The van der Waals surface area contributed by atoms with Crippen LogP contribution < -0.4 is 5.32 Å². The normalized spacial score (nSPS) is 26.1. The van der Waals surface area contributed by atoms with E-state index in [4.69, 9.17) is 4.74 Å². The summed E-state index contributed by atoms with van der Waals surface area (Å²) in [6, 6.07) is 0. The van der Waals surface area contributed by atoms with Crippen LogP contribution in [-0.2, 0) is 11.3 Å². The molecule has 6 heteroatoms. The monoisotopic (exact) mass is 256 g/mol. The first kappa shape index (κ1) is 12.7. The number of methoxy groups -OCH3 is 1. The molecule has 0 radical (unpaired) electrons. The molecule has 2 unspecified atom stereocenters. The van der Waals surface area contributed by atoms with E-state index in [1.54, 1.807) is 7.11 Å². The van der Waals surface area contributed by atoms with Gasteiger partial charge in [-0.15, -0.1) is 5.10 Å². The van der Waals surface area contributed by atoms with E-state index in [-0.39, 0.29) is 0 Å². The average Bonchev–Trinajstić information content (AvgIpc) is 2.79. The van der Waals surface area contributed by atoms with Gasteiger partial charge in [-0.25, -0.2) is 0 Å². The molecule has 0 amide bonds. The predicted octanol–water partition coefficient (Wildman–Crippen LogP) is 1.44. The van der Waals surface area contributed by atoms with Gasteiger partial charge >= 0.3 is 0 Å². The fourth-order valence-corrected chi connectivity index (χ4v) is 2.79. The second kappa shape index (κ2) is 5.75. The number of piperidine rings is 1. The summed E-state index contributed by atoms with van der Waals surface area (Å²) in [5.74, 6) is 0.647. The van der Waals surface area contributed by atoms with Crippen LogP contribution in [0.5, 0.6) is 0 Å². The van der Waals surface area contributed by atoms with Crippen LogP contribution in [0.4, 0.5) is 5.00 Å². The summed E-state index contributed by atoms with van der Waals surface area (Å²) in [4.78, 5) is 2.39. The molecule has 1 aromatic rings. The summed E-state index contributed by atoms with van der Waals surface area (Å²) in [6.07, 6.45) is 1.53. The first-order chi connectivity index (χ1) is 8.24. The maximum absolute atomic E-state index is 5.52. The van der Waals surface area contributed by atoms with Crippen LogP contribution in [0.15, 0.2) is 0 Å². The lowest BCUT2D eigenvalue weighted by atomic mass is 9.96. The van der Waals surface area contributed by atoms with E-state index in [0.29, 0.717) is 12.0 Å². The van der Waals surface area contributed by atoms with E-state index in [9.17, 15) is 0 Å². The van der Waals surface area contributed by atoms with Gasteiger partial charge in [0.05, 0.1) is 6.10 Å². The van der Waals surface area contributed by atoms with E-state index in [2.05, 4.69) is 26.7 Å². The van der Waals surface area contributed by atoms with Gasteiger partial charge in [-0.1, -0.05) is 11.4 Å². The van der Waals surface area contributed by atoms with Crippen LogP contribution in [0.2, 0.25) is 0 Å². The zero-order valence-corrected chi connectivity index (χ0v) is 11.5. The number of hydrogen-bond acceptors (Lipinski definition) is 6. The van der Waals surface area contributed by atoms with Gasteiger partial charge in [-0.2, -0.15) is 0 Å². The molecular formula is C11H20N4OS. The van der Waals surface area contributed by atoms with Crippen molar-refractivity contribution in [2.45, 2.75) is 26.0 Å². The Hall–Kier alpha value is -0.720. The zero-order valence-electron chi connectivity index (χ0n) is 10.6. The molecule has 5 nitrogen and oxygen atoms in total. The van der Waals surface area contributed by atoms with E-state index in [1.807, 2.05) is 7.05 Å². The minimum absolute atomic E-state index is 0.341. The van der Waals surface area contributed by atoms with Crippen LogP contribution in [0.25, 0.3) is 0 Å². The van der Waals surface area contributed by atoms with Crippen molar-refractivity contribution in [2.75, 3.05) is 32.6 Å². The highest BCUT2D eigenvalue weighted by Crippen LogP contribution is 2.23. The van der Waals surface area contributed by atoms with Crippen LogP contribution in [0, 0.1) is 5.92 Å². The molecule has 0 aliphatic carbocycles. The average molecular weight is 256 g/mol. The SMILES string of the molecule is CNc1snnc1CN1CCC(C)C(OC)C1. The molecule has 1 saturated heterocycles. The Morgan fingerprint density at radius 2 is 2.41 bits per heavy atom. The smallest absolute Gasteiger partial charge is 0.134 e. The van der Waals surface area contributed by atoms with Crippen LogP contribution in [-0.4, -0.2) is 47.8 Å². The Kier molecular flexibility index (Phi) is 4.31. The molecule has 2 rings (SSSR count). The number of nitrogens with one attached hydrogen (secondary N) is 1. The highest BCUT2D eigenvalue weighted by atomic mass is 32.1. The number of ether oxygens (including phenoxy) is 1. The van der Waals surface area contributed by atoms with Crippen molar-refractivity contribution in [3.05, 3.63) is 5.69 Å². The van der Waals surface area contributed by atoms with Crippen LogP contribution in [0.3, 0.4) is 0 Å². The van der Waals surface area contributed by atoms with Crippen molar-refractivity contribution in [1.29, 1.82) is 0 Å². The number of likely N-dealkylation sites (tertiary alicyclic amines) is 1. The first-order valence-electron chi connectivity index (χ1n) is 5.98. The molecule has 2 atom stereocenters. The molecule has 0 saturated carbocycles. The molecule has 1 aromatic heterocycles. The van der Waals surface area contributed by atoms with Crippen molar-refractivity contribution in [2.24, 2.45) is 5.92 Å². The van der Waals surface area contributed by atoms with E-state index in [0.717, 1.165) is 30.3 Å². The maximum atomic E-state index is 5.52. The maximum Gasteiger partial charge on any atom is 0.134 e. The number of rotatable bonds is 4. The fourth-order valence-electron chi connectivity index (χ4n) is 2.26. The van der Waals surface area contributed by atoms with Gasteiger partial charge in [0.2, 0.25) is 0 Å². The Bertz CT molecular complexity index is 357. The summed E-state index contributed by atoms with van der Waals surface area (Å²) in [7, 11) is 3.71. The number of anilines is 1. The minimum Gasteiger partial charge on any atom is -0.380 e. The standard InChI is InChI=1S/C11H20N4OS/c1-8-4-5-15(7-10(8)16-3)6-9-11(12-2)17-14-13-9/h8,10,12H,4-7H2,1-3H3. The summed E-state index contributed by atoms with van der Waals surface area (Å²) in [5, 5.41) is 8.38. The lowest BCUT2D eigenvalue weighted by molar-refractivity contribution is -0.00773. The summed E-state index contributed by atoms with van der Waals surface area (Å²) in [5.41, 5.74) is 1.04. The molecule has 17 heavy (non-hydrogen) atoms. The van der Waals surface area contributed by atoms with Gasteiger partial charge in [0.1, 0.15) is 10.7 Å². The van der Waals surface area contributed by atoms with E-state index < -0.39 is 0 Å². The van der Waals surface area contributed by atoms with Gasteiger partial charge in [-0.3, -0.25) is 4.90 Å². The Balaban J connectivity index is 1.95. The number of nitrogens with zero attached hydrogens (tertiary/aromatic N) is 3. The van der Waals surface area contributed by atoms with Crippen molar-refractivity contribution < 1.29 is 4.74 Å². The molecule has 0 aromatic carbocycles. The molecule has 1 fully saturated rings. The number of aromatic nitrogens is 2. The third kappa shape index (κ3) is 2.94. The molecule has 96 valence electrons. The molecule has 1 N–H and O–H groups in total. The third-order valence-electron chi connectivity index (χ3n) is 3.43. The second-order valence-electron chi connectivity index (χ2n) is 4.57. The van der Waals surface area contributed by atoms with E-state index in [1.165, 1.54) is 18.0 Å². The molecular weight excluding hydrogens is 236 g/mol. The quantitative estimate of drug-likeness (QED) is 0.883. The second-order valence-corrected chi connectivity index (χ2v) is 5.33. The van der Waals surface area contributed by atoms with Gasteiger partial charge in [0, 0.05) is 38.8 Å². The Morgan fingerprint density at radius 3 is 3.12 bits per heavy atom. The molecule has 1 aliphatic rings. The number of hydrogen-bond donors (Lipinski definition) is 1. The van der Waals surface area contributed by atoms with Crippen molar-refractivity contribution in [3.63, 3.8) is 0 Å². The van der Waals surface area contributed by atoms with Crippen molar-refractivity contribution in [1.82, 2.24) is 14.5 Å². The first-order valence-corrected chi connectivity index (χ1v) is 6.76. The van der Waals surface area contributed by atoms with E-state index >= 15 is 0 Å². The van der Waals surface area contributed by atoms with Gasteiger partial charge in [-0.05, 0) is 18.9 Å². The predicted molar refractivity (Wildman–Crippen MR) is 69.3 cm³/mol. The highest BCUT2D eigenvalue weighted by Gasteiger charge is 2.26. The topological polar surface area (TPSA) is 50.3 Å². The van der Waals surface area contributed by atoms with Crippen molar-refractivity contribution in [3.8, 4) is 0 Å². The molecule has 0 bridgehead atoms. The Labute approximate surface area is 106 Å². The molecule has 0 spiro atoms. The highest BCUT2D eigenvalue weighted by molar-refractivity contribution is 7.10. The summed E-state index contributed by atoms with van der Waals surface area (Å²) in [6.45, 7) is 5.22. The van der Waals surface area contributed by atoms with Gasteiger partial charge in [0.25, 0.3) is 0 Å². The Morgan fingerprint density at radius 1 is 1.59 bits per heavy atom. The fraction of sp³-hybridized carbons (Fsp3) is 0.818. The van der Waals surface area contributed by atoms with Crippen molar-refractivity contribution >= 4 is 16.5 Å². The van der Waals surface area contributed by atoms with Crippen LogP contribution >= 0.6 is 11.5 Å². The summed E-state index contributed by atoms with van der Waals surface area (Å²) < 4.78 is 9.50. The van der Waals surface area contributed by atoms with Crippen LogP contribution in [0.1, 0.15) is 19.0 Å². The molecule has 2 heterocycles. The van der Waals surface area contributed by atoms with Gasteiger partial charge < -0.3 is 10.1 Å².